The zero-order chi connectivity index (χ0) is 10.4. The van der Waals surface area contributed by atoms with Gasteiger partial charge in [0, 0.05) is 19.8 Å². The summed E-state index contributed by atoms with van der Waals surface area (Å²) in [6, 6.07) is 0. The molecule has 0 bridgehead atoms. The van der Waals surface area contributed by atoms with Gasteiger partial charge in [0.05, 0.1) is 0 Å². The average molecular weight is 201 g/mol. The number of ether oxygens (including phenoxy) is 2. The summed E-state index contributed by atoms with van der Waals surface area (Å²) in [5, 5.41) is 0. The van der Waals surface area contributed by atoms with Crippen molar-refractivity contribution >= 4 is 0 Å². The van der Waals surface area contributed by atoms with E-state index in [1.54, 1.807) is 14.2 Å². The van der Waals surface area contributed by atoms with Crippen molar-refractivity contribution in [1.29, 1.82) is 0 Å². The minimum Gasteiger partial charge on any atom is -0.356 e. The summed E-state index contributed by atoms with van der Waals surface area (Å²) in [4.78, 5) is 0. The normalized spacial score (nSPS) is 18.9. The Kier molecular flexibility index (Phi) is 4.85. The standard InChI is InChI=1S/C11H23NO2/c1-13-10(14-2)6-4-3-5-7-11(12)8-9-11/h10H,3-9,12H2,1-2H3. The van der Waals surface area contributed by atoms with Gasteiger partial charge in [0.1, 0.15) is 0 Å². The molecule has 0 aromatic carbocycles. The maximum absolute atomic E-state index is 5.99. The van der Waals surface area contributed by atoms with Gasteiger partial charge in [0.25, 0.3) is 0 Å². The van der Waals surface area contributed by atoms with E-state index < -0.39 is 0 Å². The van der Waals surface area contributed by atoms with E-state index in [-0.39, 0.29) is 11.8 Å². The molecule has 0 heterocycles. The first-order chi connectivity index (χ1) is 6.70. The molecule has 1 rings (SSSR count). The SMILES string of the molecule is COC(CCCCCC1(N)CC1)OC. The smallest absolute Gasteiger partial charge is 0.156 e. The third-order valence-electron chi connectivity index (χ3n) is 3.03. The molecule has 14 heavy (non-hydrogen) atoms. The summed E-state index contributed by atoms with van der Waals surface area (Å²) in [5.74, 6) is 0. The van der Waals surface area contributed by atoms with Gasteiger partial charge in [-0.3, -0.25) is 0 Å². The fraction of sp³-hybridized carbons (Fsp3) is 1.00. The van der Waals surface area contributed by atoms with Crippen LogP contribution in [0.25, 0.3) is 0 Å². The average Bonchev–Trinajstić information content (AvgIpc) is 2.91. The highest BCUT2D eigenvalue weighted by atomic mass is 16.7. The zero-order valence-electron chi connectivity index (χ0n) is 9.42. The van der Waals surface area contributed by atoms with E-state index in [9.17, 15) is 0 Å². The Labute approximate surface area is 86.9 Å². The first-order valence-corrected chi connectivity index (χ1v) is 5.55. The molecule has 2 N–H and O–H groups in total. The van der Waals surface area contributed by atoms with Crippen LogP contribution in [0, 0.1) is 0 Å². The second-order valence-corrected chi connectivity index (χ2v) is 4.36. The lowest BCUT2D eigenvalue weighted by Gasteiger charge is -2.13. The van der Waals surface area contributed by atoms with Gasteiger partial charge < -0.3 is 15.2 Å². The molecule has 1 fully saturated rings. The van der Waals surface area contributed by atoms with Gasteiger partial charge in [-0.1, -0.05) is 12.8 Å². The van der Waals surface area contributed by atoms with Gasteiger partial charge in [-0.2, -0.15) is 0 Å². The largest absolute Gasteiger partial charge is 0.356 e. The topological polar surface area (TPSA) is 44.5 Å². The predicted molar refractivity (Wildman–Crippen MR) is 57.0 cm³/mol. The highest BCUT2D eigenvalue weighted by molar-refractivity contribution is 4.97. The summed E-state index contributed by atoms with van der Waals surface area (Å²) >= 11 is 0. The molecule has 0 amide bonds. The maximum atomic E-state index is 5.99. The molecular weight excluding hydrogens is 178 g/mol. The van der Waals surface area contributed by atoms with Crippen molar-refractivity contribution in [3.63, 3.8) is 0 Å². The highest BCUT2D eigenvalue weighted by Crippen LogP contribution is 2.37. The van der Waals surface area contributed by atoms with Gasteiger partial charge in [-0.05, 0) is 32.1 Å². The molecule has 1 aliphatic rings. The van der Waals surface area contributed by atoms with Crippen LogP contribution in [-0.4, -0.2) is 26.0 Å². The minimum absolute atomic E-state index is 0.0252. The van der Waals surface area contributed by atoms with Crippen LogP contribution < -0.4 is 5.73 Å². The number of hydrogen-bond donors (Lipinski definition) is 1. The van der Waals surface area contributed by atoms with E-state index in [1.165, 1.54) is 38.5 Å². The number of methoxy groups -OCH3 is 2. The van der Waals surface area contributed by atoms with E-state index in [1.807, 2.05) is 0 Å². The van der Waals surface area contributed by atoms with Crippen LogP contribution in [0.5, 0.6) is 0 Å². The first kappa shape index (κ1) is 12.0. The van der Waals surface area contributed by atoms with Crippen LogP contribution in [0.4, 0.5) is 0 Å². The summed E-state index contributed by atoms with van der Waals surface area (Å²) in [6.07, 6.45) is 8.27. The lowest BCUT2D eigenvalue weighted by atomic mass is 10.1. The number of nitrogens with two attached hydrogens (primary N) is 1. The van der Waals surface area contributed by atoms with Crippen LogP contribution in [0.2, 0.25) is 0 Å². The second-order valence-electron chi connectivity index (χ2n) is 4.36. The fourth-order valence-electron chi connectivity index (χ4n) is 1.71. The van der Waals surface area contributed by atoms with Crippen molar-refractivity contribution in [2.45, 2.75) is 56.8 Å². The van der Waals surface area contributed by atoms with E-state index in [4.69, 9.17) is 15.2 Å². The van der Waals surface area contributed by atoms with Crippen molar-refractivity contribution in [2.75, 3.05) is 14.2 Å². The highest BCUT2D eigenvalue weighted by Gasteiger charge is 2.36. The molecule has 1 aliphatic carbocycles. The molecular formula is C11H23NO2. The summed E-state index contributed by atoms with van der Waals surface area (Å²) < 4.78 is 10.2. The lowest BCUT2D eigenvalue weighted by Crippen LogP contribution is -2.21. The second kappa shape index (κ2) is 5.69. The predicted octanol–water partition coefficient (Wildman–Crippen LogP) is 2.05. The molecule has 0 saturated heterocycles. The van der Waals surface area contributed by atoms with Gasteiger partial charge in [-0.25, -0.2) is 0 Å². The monoisotopic (exact) mass is 201 g/mol. The van der Waals surface area contributed by atoms with E-state index in [2.05, 4.69) is 0 Å². The lowest BCUT2D eigenvalue weighted by molar-refractivity contribution is -0.107. The third kappa shape index (κ3) is 4.40. The Bertz CT molecular complexity index is 153. The van der Waals surface area contributed by atoms with Gasteiger partial charge in [0.15, 0.2) is 6.29 Å². The van der Waals surface area contributed by atoms with Crippen LogP contribution in [0.15, 0.2) is 0 Å². The van der Waals surface area contributed by atoms with Crippen LogP contribution in [0.1, 0.15) is 44.9 Å². The molecule has 3 heteroatoms. The Morgan fingerprint density at radius 1 is 1.14 bits per heavy atom. The molecule has 0 spiro atoms. The Hall–Kier alpha value is -0.120. The third-order valence-corrected chi connectivity index (χ3v) is 3.03. The Morgan fingerprint density at radius 3 is 2.29 bits per heavy atom. The quantitative estimate of drug-likeness (QED) is 0.483. The molecule has 1 saturated carbocycles. The molecule has 0 radical (unpaired) electrons. The van der Waals surface area contributed by atoms with Gasteiger partial charge in [0.2, 0.25) is 0 Å². The first-order valence-electron chi connectivity index (χ1n) is 5.55. The number of rotatable bonds is 8. The minimum atomic E-state index is -0.0252. The maximum Gasteiger partial charge on any atom is 0.156 e. The van der Waals surface area contributed by atoms with E-state index in [0.717, 1.165) is 6.42 Å². The fourth-order valence-corrected chi connectivity index (χ4v) is 1.71. The number of unbranched alkanes of at least 4 members (excludes halogenated alkanes) is 2. The van der Waals surface area contributed by atoms with Crippen LogP contribution in [0.3, 0.4) is 0 Å². The van der Waals surface area contributed by atoms with Crippen molar-refractivity contribution in [2.24, 2.45) is 5.73 Å². The van der Waals surface area contributed by atoms with Crippen LogP contribution in [-0.2, 0) is 9.47 Å². The molecule has 3 nitrogen and oxygen atoms in total. The van der Waals surface area contributed by atoms with Crippen molar-refractivity contribution in [3.05, 3.63) is 0 Å². The van der Waals surface area contributed by atoms with Gasteiger partial charge in [-0.15, -0.1) is 0 Å². The Balaban J connectivity index is 1.88. The van der Waals surface area contributed by atoms with Crippen molar-refractivity contribution < 1.29 is 9.47 Å². The summed E-state index contributed by atoms with van der Waals surface area (Å²) in [5.41, 5.74) is 6.22. The summed E-state index contributed by atoms with van der Waals surface area (Å²) in [6.45, 7) is 0. The van der Waals surface area contributed by atoms with Crippen molar-refractivity contribution in [1.82, 2.24) is 0 Å². The summed E-state index contributed by atoms with van der Waals surface area (Å²) in [7, 11) is 3.38. The zero-order valence-corrected chi connectivity index (χ0v) is 9.42. The molecule has 0 atom stereocenters. The molecule has 84 valence electrons. The molecule has 0 aromatic heterocycles. The number of hydrogen-bond acceptors (Lipinski definition) is 3. The van der Waals surface area contributed by atoms with Crippen molar-refractivity contribution in [3.8, 4) is 0 Å². The van der Waals surface area contributed by atoms with E-state index >= 15 is 0 Å². The van der Waals surface area contributed by atoms with Gasteiger partial charge >= 0.3 is 0 Å². The molecule has 0 unspecified atom stereocenters. The van der Waals surface area contributed by atoms with E-state index in [0.29, 0.717) is 0 Å². The molecule has 0 aromatic rings. The van der Waals surface area contributed by atoms with Crippen LogP contribution >= 0.6 is 0 Å². The Morgan fingerprint density at radius 2 is 1.79 bits per heavy atom. The molecule has 0 aliphatic heterocycles.